The van der Waals surface area contributed by atoms with Gasteiger partial charge in [0.2, 0.25) is 5.91 Å². The maximum Gasteiger partial charge on any atom is 0.414 e. The van der Waals surface area contributed by atoms with Crippen molar-refractivity contribution in [2.24, 2.45) is 11.8 Å². The van der Waals surface area contributed by atoms with Crippen molar-refractivity contribution in [1.29, 1.82) is 0 Å². The summed E-state index contributed by atoms with van der Waals surface area (Å²) in [4.78, 5) is 34.9. The zero-order valence-corrected chi connectivity index (χ0v) is 11.6. The Kier molecular flexibility index (Phi) is 4.88. The number of hydrogen-bond acceptors (Lipinski definition) is 6. The molecule has 0 saturated carbocycles. The van der Waals surface area contributed by atoms with E-state index >= 15 is 0 Å². The number of alkyl carbamates (subject to hydrolysis) is 1. The molecule has 0 aromatic carbocycles. The Morgan fingerprint density at radius 3 is 2.26 bits per heavy atom. The van der Waals surface area contributed by atoms with Gasteiger partial charge in [-0.15, -0.1) is 0 Å². The molecule has 1 aliphatic heterocycles. The van der Waals surface area contributed by atoms with Gasteiger partial charge >= 0.3 is 12.1 Å². The summed E-state index contributed by atoms with van der Waals surface area (Å²) in [6.45, 7) is 5.79. The molecule has 0 unspecified atom stereocenters. The number of nitrogens with one attached hydrogen (secondary N) is 2. The highest BCUT2D eigenvalue weighted by atomic mass is 16.6. The van der Waals surface area contributed by atoms with Crippen molar-refractivity contribution in [1.82, 2.24) is 10.6 Å². The minimum atomic E-state index is -0.812. The van der Waals surface area contributed by atoms with Gasteiger partial charge in [0.05, 0.1) is 18.9 Å². The van der Waals surface area contributed by atoms with Gasteiger partial charge < -0.3 is 14.8 Å². The Balaban J connectivity index is 2.58. The predicted molar refractivity (Wildman–Crippen MR) is 66.2 cm³/mol. The highest BCUT2D eigenvalue weighted by Gasteiger charge is 2.39. The van der Waals surface area contributed by atoms with E-state index in [0.29, 0.717) is 13.1 Å². The first kappa shape index (κ1) is 15.4. The molecule has 2 amide bonds. The minimum Gasteiger partial charge on any atom is -0.469 e. The lowest BCUT2D eigenvalue weighted by atomic mass is 9.95. The van der Waals surface area contributed by atoms with Crippen LogP contribution < -0.4 is 10.6 Å². The summed E-state index contributed by atoms with van der Waals surface area (Å²) < 4.78 is 9.61. The second-order valence-electron chi connectivity index (χ2n) is 5.39. The molecule has 7 heteroatoms. The lowest BCUT2D eigenvalue weighted by Gasteiger charge is -2.21. The fourth-order valence-corrected chi connectivity index (χ4v) is 1.85. The van der Waals surface area contributed by atoms with E-state index in [9.17, 15) is 14.4 Å². The number of methoxy groups -OCH3 is 1. The number of hydrogen-bond donors (Lipinski definition) is 2. The van der Waals surface area contributed by atoms with Crippen LogP contribution in [0.4, 0.5) is 4.79 Å². The number of amides is 2. The molecular weight excluding hydrogens is 252 g/mol. The topological polar surface area (TPSA) is 93.7 Å². The fraction of sp³-hybridized carbons (Fsp3) is 0.750. The van der Waals surface area contributed by atoms with E-state index in [1.807, 2.05) is 0 Å². The Bertz CT molecular complexity index is 375. The standard InChI is InChI=1S/C12H20N2O5/c1-12(2,3)19-11(17)14-9(15)7-5-13-6-8(7)10(16)18-4/h7-8,13H,5-6H2,1-4H3,(H,14,15,17)/t7-,8-/m0/s1. The van der Waals surface area contributed by atoms with Crippen molar-refractivity contribution in [2.75, 3.05) is 20.2 Å². The average molecular weight is 272 g/mol. The first-order valence-corrected chi connectivity index (χ1v) is 6.07. The number of carbonyl (C=O) groups excluding carboxylic acids is 3. The van der Waals surface area contributed by atoms with Gasteiger partial charge in [-0.05, 0) is 20.8 Å². The number of ether oxygens (including phenoxy) is 2. The SMILES string of the molecule is COC(=O)[C@H]1CNC[C@@H]1C(=O)NC(=O)OC(C)(C)C. The quantitative estimate of drug-likeness (QED) is 0.690. The second kappa shape index (κ2) is 6.01. The van der Waals surface area contributed by atoms with Crippen LogP contribution in [0.2, 0.25) is 0 Å². The third-order valence-electron chi connectivity index (χ3n) is 2.68. The van der Waals surface area contributed by atoms with Crippen LogP contribution in [0.25, 0.3) is 0 Å². The highest BCUT2D eigenvalue weighted by molar-refractivity contribution is 5.95. The first-order valence-electron chi connectivity index (χ1n) is 6.07. The van der Waals surface area contributed by atoms with Crippen LogP contribution in [0.15, 0.2) is 0 Å². The minimum absolute atomic E-state index is 0.328. The third-order valence-corrected chi connectivity index (χ3v) is 2.68. The van der Waals surface area contributed by atoms with Crippen LogP contribution in [0.3, 0.4) is 0 Å². The van der Waals surface area contributed by atoms with Gasteiger partial charge in [-0.25, -0.2) is 4.79 Å². The van der Waals surface area contributed by atoms with Crippen molar-refractivity contribution in [3.05, 3.63) is 0 Å². The number of imide groups is 1. The molecule has 108 valence electrons. The lowest BCUT2D eigenvalue weighted by molar-refractivity contribution is -0.148. The predicted octanol–water partition coefficient (Wildman–Crippen LogP) is 0.0463. The third kappa shape index (κ3) is 4.51. The van der Waals surface area contributed by atoms with E-state index in [1.165, 1.54) is 7.11 Å². The van der Waals surface area contributed by atoms with Gasteiger partial charge in [-0.1, -0.05) is 0 Å². The summed E-state index contributed by atoms with van der Waals surface area (Å²) in [5.74, 6) is -2.20. The molecule has 0 aliphatic carbocycles. The van der Waals surface area contributed by atoms with Gasteiger partial charge in [0.25, 0.3) is 0 Å². The molecule has 7 nitrogen and oxygen atoms in total. The molecule has 2 N–H and O–H groups in total. The molecule has 1 heterocycles. The van der Waals surface area contributed by atoms with E-state index < -0.39 is 35.4 Å². The Morgan fingerprint density at radius 2 is 1.74 bits per heavy atom. The van der Waals surface area contributed by atoms with E-state index in [4.69, 9.17) is 4.74 Å². The molecule has 0 aromatic rings. The first-order chi connectivity index (χ1) is 8.74. The number of carbonyl (C=O) groups is 3. The summed E-state index contributed by atoms with van der Waals surface area (Å²) in [6, 6.07) is 0. The largest absolute Gasteiger partial charge is 0.469 e. The number of esters is 1. The maximum atomic E-state index is 11.9. The lowest BCUT2D eigenvalue weighted by Crippen LogP contribution is -2.43. The van der Waals surface area contributed by atoms with Gasteiger partial charge in [-0.3, -0.25) is 14.9 Å². The molecule has 1 rings (SSSR count). The van der Waals surface area contributed by atoms with Crippen LogP contribution in [-0.2, 0) is 19.1 Å². The summed E-state index contributed by atoms with van der Waals surface area (Å²) in [5, 5.41) is 5.07. The van der Waals surface area contributed by atoms with Gasteiger partial charge in [0, 0.05) is 13.1 Å². The van der Waals surface area contributed by atoms with Crippen LogP contribution in [0.1, 0.15) is 20.8 Å². The van der Waals surface area contributed by atoms with Crippen molar-refractivity contribution in [3.8, 4) is 0 Å². The van der Waals surface area contributed by atoms with E-state index in [1.54, 1.807) is 20.8 Å². The van der Waals surface area contributed by atoms with Gasteiger partial charge in [-0.2, -0.15) is 0 Å². The van der Waals surface area contributed by atoms with Crippen LogP contribution in [0, 0.1) is 11.8 Å². The Hall–Kier alpha value is -1.63. The summed E-state index contributed by atoms with van der Waals surface area (Å²) >= 11 is 0. The van der Waals surface area contributed by atoms with Crippen LogP contribution in [-0.4, -0.2) is 43.8 Å². The summed E-state index contributed by atoms with van der Waals surface area (Å²) in [7, 11) is 1.27. The number of rotatable bonds is 2. The molecule has 0 aromatic heterocycles. The van der Waals surface area contributed by atoms with Crippen LogP contribution >= 0.6 is 0 Å². The monoisotopic (exact) mass is 272 g/mol. The molecule has 1 saturated heterocycles. The smallest absolute Gasteiger partial charge is 0.414 e. The Morgan fingerprint density at radius 1 is 1.16 bits per heavy atom. The summed E-state index contributed by atoms with van der Waals surface area (Å²) in [6.07, 6.45) is -0.812. The van der Waals surface area contributed by atoms with E-state index in [2.05, 4.69) is 15.4 Å². The molecule has 19 heavy (non-hydrogen) atoms. The van der Waals surface area contributed by atoms with Crippen molar-refractivity contribution in [2.45, 2.75) is 26.4 Å². The molecule has 2 atom stereocenters. The second-order valence-corrected chi connectivity index (χ2v) is 5.39. The zero-order chi connectivity index (χ0) is 14.6. The summed E-state index contributed by atoms with van der Waals surface area (Å²) in [5.41, 5.74) is -0.681. The van der Waals surface area contributed by atoms with Crippen molar-refractivity contribution in [3.63, 3.8) is 0 Å². The van der Waals surface area contributed by atoms with E-state index in [-0.39, 0.29) is 0 Å². The maximum absolute atomic E-state index is 11.9. The normalized spacial score (nSPS) is 22.7. The molecule has 1 fully saturated rings. The fourth-order valence-electron chi connectivity index (χ4n) is 1.85. The van der Waals surface area contributed by atoms with Gasteiger partial charge in [0.1, 0.15) is 5.60 Å². The van der Waals surface area contributed by atoms with Crippen molar-refractivity contribution >= 4 is 18.0 Å². The molecule has 0 radical (unpaired) electrons. The Labute approximate surface area is 112 Å². The van der Waals surface area contributed by atoms with Crippen LogP contribution in [0.5, 0.6) is 0 Å². The van der Waals surface area contributed by atoms with E-state index in [0.717, 1.165) is 0 Å². The molecule has 1 aliphatic rings. The molecule has 0 bridgehead atoms. The molecule has 0 spiro atoms. The molecular formula is C12H20N2O5. The average Bonchev–Trinajstić information content (AvgIpc) is 2.73. The highest BCUT2D eigenvalue weighted by Crippen LogP contribution is 2.18. The van der Waals surface area contributed by atoms with Gasteiger partial charge in [0.15, 0.2) is 0 Å². The van der Waals surface area contributed by atoms with Crippen molar-refractivity contribution < 1.29 is 23.9 Å². The zero-order valence-electron chi connectivity index (χ0n) is 11.6.